The maximum absolute atomic E-state index is 11.8. The summed E-state index contributed by atoms with van der Waals surface area (Å²) in [6, 6.07) is 0. The molecular formula is C11H19NO3S. The van der Waals surface area contributed by atoms with Crippen LogP contribution < -0.4 is 5.32 Å². The van der Waals surface area contributed by atoms with E-state index in [1.165, 1.54) is 7.11 Å². The Kier molecular flexibility index (Phi) is 3.77. The molecule has 5 heteroatoms. The van der Waals surface area contributed by atoms with Gasteiger partial charge in [-0.3, -0.25) is 4.79 Å². The van der Waals surface area contributed by atoms with Gasteiger partial charge in [-0.2, -0.15) is 11.8 Å². The van der Waals surface area contributed by atoms with E-state index in [1.54, 1.807) is 0 Å². The van der Waals surface area contributed by atoms with Crippen LogP contribution in [0.2, 0.25) is 0 Å². The molecule has 0 amide bonds. The lowest BCUT2D eigenvalue weighted by molar-refractivity contribution is -0.148. The smallest absolute Gasteiger partial charge is 0.326 e. The van der Waals surface area contributed by atoms with Crippen molar-refractivity contribution in [2.45, 2.75) is 35.3 Å². The molecule has 16 heavy (non-hydrogen) atoms. The molecule has 1 aliphatic heterocycles. The Morgan fingerprint density at radius 3 is 2.75 bits per heavy atom. The second-order valence-electron chi connectivity index (χ2n) is 4.48. The Bertz CT molecular complexity index is 270. The average molecular weight is 245 g/mol. The highest BCUT2D eigenvalue weighted by molar-refractivity contribution is 8.00. The highest BCUT2D eigenvalue weighted by atomic mass is 32.2. The molecule has 0 bridgehead atoms. The summed E-state index contributed by atoms with van der Waals surface area (Å²) >= 11 is 1.97. The quantitative estimate of drug-likeness (QED) is 0.742. The number of likely N-dealkylation sites (N-methyl/N-ethyl adjacent to an activating group) is 1. The zero-order valence-electron chi connectivity index (χ0n) is 9.82. The van der Waals surface area contributed by atoms with E-state index in [2.05, 4.69) is 5.32 Å². The Morgan fingerprint density at radius 1 is 1.50 bits per heavy atom. The molecule has 0 aromatic rings. The largest absolute Gasteiger partial charge is 0.468 e. The summed E-state index contributed by atoms with van der Waals surface area (Å²) in [5.41, 5.74) is -0.447. The van der Waals surface area contributed by atoms with E-state index in [0.717, 1.165) is 32.5 Å². The number of ether oxygens (including phenoxy) is 2. The molecule has 1 saturated heterocycles. The van der Waals surface area contributed by atoms with Crippen LogP contribution in [0, 0.1) is 0 Å². The van der Waals surface area contributed by atoms with E-state index in [-0.39, 0.29) is 5.97 Å². The fourth-order valence-corrected chi connectivity index (χ4v) is 3.92. The molecule has 0 spiro atoms. The topological polar surface area (TPSA) is 47.6 Å². The number of carbonyl (C=O) groups is 1. The average Bonchev–Trinajstić information content (AvgIpc) is 2.67. The van der Waals surface area contributed by atoms with Gasteiger partial charge in [0.2, 0.25) is 0 Å². The van der Waals surface area contributed by atoms with Crippen molar-refractivity contribution in [3.63, 3.8) is 0 Å². The van der Waals surface area contributed by atoms with Crippen LogP contribution in [0.4, 0.5) is 0 Å². The summed E-state index contributed by atoms with van der Waals surface area (Å²) in [6.45, 7) is 1.73. The highest BCUT2D eigenvalue weighted by Gasteiger charge is 2.46. The minimum atomic E-state index is -0.447. The van der Waals surface area contributed by atoms with Gasteiger partial charge in [0.25, 0.3) is 0 Å². The third-order valence-electron chi connectivity index (χ3n) is 3.52. The van der Waals surface area contributed by atoms with Crippen LogP contribution in [0.25, 0.3) is 0 Å². The molecule has 2 aliphatic rings. The summed E-state index contributed by atoms with van der Waals surface area (Å²) < 4.78 is 10.1. The summed E-state index contributed by atoms with van der Waals surface area (Å²) in [6.07, 6.45) is 2.83. The van der Waals surface area contributed by atoms with E-state index in [9.17, 15) is 4.79 Å². The number of thioether (sulfide) groups is 1. The third-order valence-corrected chi connectivity index (χ3v) is 4.96. The number of hydrogen-bond donors (Lipinski definition) is 1. The number of hydrogen-bond acceptors (Lipinski definition) is 5. The standard InChI is InChI=1S/C11H19NO3S/c1-12-11(10(13)14-2)4-3-8(5-11)16-9-6-15-7-9/h8-9,12H,3-7H2,1-2H3. The van der Waals surface area contributed by atoms with Crippen molar-refractivity contribution in [2.75, 3.05) is 27.4 Å². The lowest BCUT2D eigenvalue weighted by Crippen LogP contribution is -2.49. The molecule has 2 fully saturated rings. The fraction of sp³-hybridized carbons (Fsp3) is 0.909. The number of esters is 1. The summed E-state index contributed by atoms with van der Waals surface area (Å²) in [5, 5.41) is 4.34. The van der Waals surface area contributed by atoms with Crippen LogP contribution in [0.1, 0.15) is 19.3 Å². The summed E-state index contributed by atoms with van der Waals surface area (Å²) in [7, 11) is 3.30. The van der Waals surface area contributed by atoms with Gasteiger partial charge in [0.05, 0.1) is 25.6 Å². The first-order valence-corrected chi connectivity index (χ1v) is 6.65. The highest BCUT2D eigenvalue weighted by Crippen LogP contribution is 2.40. The fourth-order valence-electron chi connectivity index (χ4n) is 2.39. The van der Waals surface area contributed by atoms with Gasteiger partial charge in [-0.05, 0) is 26.3 Å². The molecule has 2 atom stereocenters. The SMILES string of the molecule is CNC1(C(=O)OC)CCC(SC2COC2)C1. The number of rotatable bonds is 4. The zero-order chi connectivity index (χ0) is 11.6. The van der Waals surface area contributed by atoms with Gasteiger partial charge >= 0.3 is 5.97 Å². The van der Waals surface area contributed by atoms with E-state index in [1.807, 2.05) is 18.8 Å². The predicted octanol–water partition coefficient (Wildman–Crippen LogP) is 0.802. The number of carbonyl (C=O) groups excluding carboxylic acids is 1. The van der Waals surface area contributed by atoms with Gasteiger partial charge in [-0.15, -0.1) is 0 Å². The first-order chi connectivity index (χ1) is 7.70. The van der Waals surface area contributed by atoms with Crippen LogP contribution in [0.15, 0.2) is 0 Å². The molecule has 1 N–H and O–H groups in total. The molecule has 0 radical (unpaired) electrons. The predicted molar refractivity (Wildman–Crippen MR) is 63.6 cm³/mol. The number of nitrogens with one attached hydrogen (secondary N) is 1. The Morgan fingerprint density at radius 2 is 2.25 bits per heavy atom. The molecule has 2 rings (SSSR count). The Hall–Kier alpha value is -0.260. The second kappa shape index (κ2) is 4.94. The van der Waals surface area contributed by atoms with Crippen LogP contribution in [-0.2, 0) is 14.3 Å². The van der Waals surface area contributed by atoms with Crippen LogP contribution in [0.3, 0.4) is 0 Å². The van der Waals surface area contributed by atoms with E-state index >= 15 is 0 Å². The zero-order valence-corrected chi connectivity index (χ0v) is 10.6. The minimum Gasteiger partial charge on any atom is -0.468 e. The van der Waals surface area contributed by atoms with Gasteiger partial charge in [-0.1, -0.05) is 0 Å². The molecule has 0 aromatic carbocycles. The van der Waals surface area contributed by atoms with Gasteiger partial charge in [-0.25, -0.2) is 0 Å². The molecule has 4 nitrogen and oxygen atoms in total. The Labute approximate surface area is 100 Å². The van der Waals surface area contributed by atoms with Crippen LogP contribution in [-0.4, -0.2) is 49.4 Å². The minimum absolute atomic E-state index is 0.122. The number of methoxy groups -OCH3 is 1. The van der Waals surface area contributed by atoms with Crippen molar-refractivity contribution >= 4 is 17.7 Å². The second-order valence-corrected chi connectivity index (χ2v) is 6.09. The summed E-state index contributed by atoms with van der Waals surface area (Å²) in [5.74, 6) is -0.122. The van der Waals surface area contributed by atoms with Crippen molar-refractivity contribution < 1.29 is 14.3 Å². The molecule has 1 saturated carbocycles. The lowest BCUT2D eigenvalue weighted by Gasteiger charge is -2.29. The first kappa shape index (κ1) is 12.2. The summed E-state index contributed by atoms with van der Waals surface area (Å²) in [4.78, 5) is 11.8. The van der Waals surface area contributed by atoms with Crippen LogP contribution in [0.5, 0.6) is 0 Å². The van der Waals surface area contributed by atoms with Gasteiger partial charge in [0, 0.05) is 5.25 Å². The van der Waals surface area contributed by atoms with E-state index in [0.29, 0.717) is 10.5 Å². The lowest BCUT2D eigenvalue weighted by atomic mass is 9.98. The van der Waals surface area contributed by atoms with E-state index in [4.69, 9.17) is 9.47 Å². The molecule has 1 aliphatic carbocycles. The van der Waals surface area contributed by atoms with Gasteiger partial charge in [0.1, 0.15) is 5.54 Å². The van der Waals surface area contributed by atoms with Gasteiger partial charge < -0.3 is 14.8 Å². The molecule has 0 aromatic heterocycles. The maximum atomic E-state index is 11.8. The van der Waals surface area contributed by atoms with Crippen molar-refractivity contribution in [3.8, 4) is 0 Å². The normalized spacial score (nSPS) is 34.8. The monoisotopic (exact) mass is 245 g/mol. The van der Waals surface area contributed by atoms with Gasteiger partial charge in [0.15, 0.2) is 0 Å². The molecule has 2 unspecified atom stereocenters. The molecular weight excluding hydrogens is 226 g/mol. The van der Waals surface area contributed by atoms with Crippen LogP contribution >= 0.6 is 11.8 Å². The Balaban J connectivity index is 1.90. The van der Waals surface area contributed by atoms with Crippen molar-refractivity contribution in [2.24, 2.45) is 0 Å². The van der Waals surface area contributed by atoms with Crippen molar-refractivity contribution in [1.29, 1.82) is 0 Å². The van der Waals surface area contributed by atoms with Crippen molar-refractivity contribution in [3.05, 3.63) is 0 Å². The maximum Gasteiger partial charge on any atom is 0.326 e. The first-order valence-electron chi connectivity index (χ1n) is 5.71. The van der Waals surface area contributed by atoms with Crippen molar-refractivity contribution in [1.82, 2.24) is 5.32 Å². The molecule has 92 valence electrons. The third kappa shape index (κ3) is 2.21. The molecule has 1 heterocycles. The van der Waals surface area contributed by atoms with E-state index < -0.39 is 5.54 Å².